The second kappa shape index (κ2) is 9.19. The molecule has 3 rings (SSSR count). The highest BCUT2D eigenvalue weighted by Crippen LogP contribution is 2.31. The van der Waals surface area contributed by atoms with Crippen LogP contribution in [0.25, 0.3) is 0 Å². The lowest BCUT2D eigenvalue weighted by Crippen LogP contribution is -2.44. The highest BCUT2D eigenvalue weighted by atomic mass is 32.2. The predicted molar refractivity (Wildman–Crippen MR) is 113 cm³/mol. The first-order valence-electron chi connectivity index (χ1n) is 10.1. The Morgan fingerprint density at radius 1 is 1.29 bits per heavy atom. The molecule has 10 heteroatoms. The highest BCUT2D eigenvalue weighted by molar-refractivity contribution is 7.89. The topological polar surface area (TPSA) is 109 Å². The largest absolute Gasteiger partial charge is 0.462 e. The molecule has 1 fully saturated rings. The molecule has 1 atom stereocenters. The van der Waals surface area contributed by atoms with Crippen LogP contribution in [0.2, 0.25) is 0 Å². The zero-order chi connectivity index (χ0) is 22.8. The summed E-state index contributed by atoms with van der Waals surface area (Å²) < 4.78 is 46.5. The third-order valence-corrected chi connectivity index (χ3v) is 7.28. The number of carbonyl (C=O) groups is 2. The molecule has 1 amide bonds. The number of nitrogens with one attached hydrogen (secondary N) is 2. The number of piperidine rings is 1. The molecule has 1 saturated heterocycles. The number of hydrogen-bond acceptors (Lipinski definition) is 5. The van der Waals surface area contributed by atoms with Gasteiger partial charge in [-0.3, -0.25) is 4.79 Å². The molecule has 1 aromatic heterocycles. The van der Waals surface area contributed by atoms with Crippen molar-refractivity contribution in [2.45, 2.75) is 38.5 Å². The minimum Gasteiger partial charge on any atom is -0.462 e. The van der Waals surface area contributed by atoms with E-state index in [2.05, 4.69) is 10.3 Å². The molecule has 168 valence electrons. The van der Waals surface area contributed by atoms with Crippen LogP contribution in [0.15, 0.2) is 29.2 Å². The highest BCUT2D eigenvalue weighted by Gasteiger charge is 2.38. The number of anilines is 1. The minimum absolute atomic E-state index is 0.00862. The molecule has 1 aliphatic rings. The van der Waals surface area contributed by atoms with Crippen LogP contribution < -0.4 is 5.32 Å². The maximum absolute atomic E-state index is 13.4. The van der Waals surface area contributed by atoms with Crippen molar-refractivity contribution >= 4 is 27.6 Å². The van der Waals surface area contributed by atoms with Crippen molar-refractivity contribution in [2.75, 3.05) is 25.0 Å². The number of aryl methyl sites for hydroxylation is 2. The lowest BCUT2D eigenvalue weighted by molar-refractivity contribution is -0.120. The molecule has 0 spiro atoms. The van der Waals surface area contributed by atoms with Crippen molar-refractivity contribution in [3.05, 3.63) is 47.0 Å². The fourth-order valence-electron chi connectivity index (χ4n) is 3.84. The Hall–Kier alpha value is -2.72. The lowest BCUT2D eigenvalue weighted by atomic mass is 9.99. The Balaban J connectivity index is 1.84. The van der Waals surface area contributed by atoms with Crippen LogP contribution in [0, 0.1) is 25.6 Å². The van der Waals surface area contributed by atoms with Gasteiger partial charge in [-0.1, -0.05) is 6.07 Å². The zero-order valence-electron chi connectivity index (χ0n) is 17.7. The Morgan fingerprint density at radius 2 is 2.03 bits per heavy atom. The van der Waals surface area contributed by atoms with E-state index in [0.29, 0.717) is 29.9 Å². The Labute approximate surface area is 180 Å². The van der Waals surface area contributed by atoms with Gasteiger partial charge in [-0.25, -0.2) is 17.6 Å². The summed E-state index contributed by atoms with van der Waals surface area (Å²) >= 11 is 0. The number of amides is 1. The van der Waals surface area contributed by atoms with Crippen LogP contribution in [-0.4, -0.2) is 49.3 Å². The standard InChI is InChI=1S/C21H26FN3O5S/c1-4-30-21(27)18-13(2)23-14(3)19(18)31(28,29)25-10-6-7-15(12-25)20(26)24-17-9-5-8-16(22)11-17/h5,8-9,11,15,23H,4,6-7,10,12H2,1-3H3,(H,24,26)/t15-/m1/s1. The number of rotatable bonds is 6. The molecule has 1 aliphatic heterocycles. The summed E-state index contributed by atoms with van der Waals surface area (Å²) in [5, 5.41) is 2.65. The van der Waals surface area contributed by atoms with Crippen molar-refractivity contribution in [2.24, 2.45) is 5.92 Å². The molecular weight excluding hydrogens is 425 g/mol. The quantitative estimate of drug-likeness (QED) is 0.657. The van der Waals surface area contributed by atoms with E-state index >= 15 is 0 Å². The van der Waals surface area contributed by atoms with E-state index in [1.807, 2.05) is 0 Å². The lowest BCUT2D eigenvalue weighted by Gasteiger charge is -2.31. The monoisotopic (exact) mass is 451 g/mol. The fraction of sp³-hybridized carbons (Fsp3) is 0.429. The van der Waals surface area contributed by atoms with E-state index in [0.717, 1.165) is 0 Å². The molecule has 0 unspecified atom stereocenters. The smallest absolute Gasteiger partial charge is 0.341 e. The number of halogens is 1. The molecule has 0 radical (unpaired) electrons. The molecule has 31 heavy (non-hydrogen) atoms. The molecule has 0 bridgehead atoms. The maximum Gasteiger partial charge on any atom is 0.341 e. The van der Waals surface area contributed by atoms with Gasteiger partial charge < -0.3 is 15.0 Å². The van der Waals surface area contributed by atoms with Crippen LogP contribution >= 0.6 is 0 Å². The van der Waals surface area contributed by atoms with Crippen molar-refractivity contribution < 1.29 is 27.1 Å². The van der Waals surface area contributed by atoms with Gasteiger partial charge in [0.25, 0.3) is 0 Å². The molecule has 2 aromatic rings. The fourth-order valence-corrected chi connectivity index (χ4v) is 5.78. The van der Waals surface area contributed by atoms with Crippen molar-refractivity contribution in [1.29, 1.82) is 0 Å². The van der Waals surface area contributed by atoms with Gasteiger partial charge >= 0.3 is 5.97 Å². The van der Waals surface area contributed by atoms with Crippen LogP contribution in [0.4, 0.5) is 10.1 Å². The summed E-state index contributed by atoms with van der Waals surface area (Å²) in [6.45, 7) is 5.17. The van der Waals surface area contributed by atoms with Crippen LogP contribution in [0.1, 0.15) is 41.5 Å². The van der Waals surface area contributed by atoms with Crippen molar-refractivity contribution in [1.82, 2.24) is 9.29 Å². The number of aromatic amines is 1. The van der Waals surface area contributed by atoms with Gasteiger partial charge in [0.1, 0.15) is 16.3 Å². The van der Waals surface area contributed by atoms with Crippen LogP contribution in [-0.2, 0) is 19.6 Å². The first-order chi connectivity index (χ1) is 14.6. The van der Waals surface area contributed by atoms with E-state index in [9.17, 15) is 22.4 Å². The summed E-state index contributed by atoms with van der Waals surface area (Å²) in [5.74, 6) is -2.16. The third-order valence-electron chi connectivity index (χ3n) is 5.24. The number of hydrogen-bond donors (Lipinski definition) is 2. The average Bonchev–Trinajstić information content (AvgIpc) is 3.03. The van der Waals surface area contributed by atoms with Gasteiger partial charge in [-0.15, -0.1) is 0 Å². The summed E-state index contributed by atoms with van der Waals surface area (Å²) in [4.78, 5) is 27.9. The molecule has 1 aromatic carbocycles. The van der Waals surface area contributed by atoms with E-state index in [1.165, 1.54) is 22.5 Å². The summed E-state index contributed by atoms with van der Waals surface area (Å²) in [7, 11) is -4.05. The normalized spacial score (nSPS) is 17.4. The zero-order valence-corrected chi connectivity index (χ0v) is 18.5. The van der Waals surface area contributed by atoms with E-state index < -0.39 is 27.7 Å². The van der Waals surface area contributed by atoms with Gasteiger partial charge in [-0.2, -0.15) is 4.31 Å². The van der Waals surface area contributed by atoms with Gasteiger partial charge in [0, 0.05) is 30.2 Å². The Morgan fingerprint density at radius 3 is 2.71 bits per heavy atom. The second-order valence-electron chi connectivity index (χ2n) is 7.50. The number of carbonyl (C=O) groups excluding carboxylic acids is 2. The summed E-state index contributed by atoms with van der Waals surface area (Å²) in [6, 6.07) is 5.52. The Bertz CT molecular complexity index is 1100. The third kappa shape index (κ3) is 4.80. The first-order valence-corrected chi connectivity index (χ1v) is 11.5. The van der Waals surface area contributed by atoms with E-state index in [1.54, 1.807) is 26.8 Å². The summed E-state index contributed by atoms with van der Waals surface area (Å²) in [5.41, 5.74) is 1.05. The first kappa shape index (κ1) is 23.0. The molecule has 0 saturated carbocycles. The molecule has 8 nitrogen and oxygen atoms in total. The number of sulfonamides is 1. The van der Waals surface area contributed by atoms with E-state index in [-0.39, 0.29) is 36.1 Å². The molecule has 0 aliphatic carbocycles. The maximum atomic E-state index is 13.4. The molecular formula is C21H26FN3O5S. The summed E-state index contributed by atoms with van der Waals surface area (Å²) in [6.07, 6.45) is 0.987. The van der Waals surface area contributed by atoms with Crippen LogP contribution in [0.5, 0.6) is 0 Å². The van der Waals surface area contributed by atoms with Gasteiger partial charge in [0.05, 0.1) is 12.5 Å². The number of nitrogens with zero attached hydrogens (tertiary/aromatic N) is 1. The van der Waals surface area contributed by atoms with Crippen molar-refractivity contribution in [3.63, 3.8) is 0 Å². The van der Waals surface area contributed by atoms with Gasteiger partial charge in [-0.05, 0) is 51.8 Å². The number of esters is 1. The predicted octanol–water partition coefficient (Wildman–Crippen LogP) is 2.99. The number of H-pyrrole nitrogens is 1. The average molecular weight is 452 g/mol. The SMILES string of the molecule is CCOC(=O)c1c(C)[nH]c(C)c1S(=O)(=O)N1CCC[C@@H](C(=O)Nc2cccc(F)c2)C1. The van der Waals surface area contributed by atoms with E-state index in [4.69, 9.17) is 4.74 Å². The second-order valence-corrected chi connectivity index (χ2v) is 9.38. The number of benzene rings is 1. The van der Waals surface area contributed by atoms with Crippen LogP contribution in [0.3, 0.4) is 0 Å². The van der Waals surface area contributed by atoms with Gasteiger partial charge in [0.2, 0.25) is 15.9 Å². The van der Waals surface area contributed by atoms with Gasteiger partial charge in [0.15, 0.2) is 0 Å². The van der Waals surface area contributed by atoms with Crippen molar-refractivity contribution in [3.8, 4) is 0 Å². The molecule has 2 N–H and O–H groups in total. The Kier molecular flexibility index (Phi) is 6.80. The number of ether oxygens (including phenoxy) is 1. The molecule has 2 heterocycles. The minimum atomic E-state index is -4.05. The number of aromatic nitrogens is 1.